The Hall–Kier alpha value is -0.920. The lowest BCUT2D eigenvalue weighted by Crippen LogP contribution is -2.30. The molecule has 1 fully saturated rings. The Bertz CT molecular complexity index is 553. The van der Waals surface area contributed by atoms with Gasteiger partial charge in [-0.3, -0.25) is 5.10 Å². The molecule has 20 heavy (non-hydrogen) atoms. The number of aryl methyl sites for hydroxylation is 1. The molecule has 2 rings (SSSR count). The van der Waals surface area contributed by atoms with Crippen molar-refractivity contribution in [2.24, 2.45) is 11.8 Å². The summed E-state index contributed by atoms with van der Waals surface area (Å²) < 4.78 is 27.6. The van der Waals surface area contributed by atoms with Gasteiger partial charge in [0.2, 0.25) is 10.0 Å². The molecule has 1 aliphatic carbocycles. The van der Waals surface area contributed by atoms with Crippen molar-refractivity contribution in [2.45, 2.75) is 44.6 Å². The van der Waals surface area contributed by atoms with Crippen molar-refractivity contribution in [3.8, 4) is 0 Å². The molecule has 0 radical (unpaired) electrons. The molecule has 1 heterocycles. The van der Waals surface area contributed by atoms with Gasteiger partial charge < -0.3 is 5.32 Å². The van der Waals surface area contributed by atoms with Gasteiger partial charge in [-0.2, -0.15) is 5.10 Å². The second-order valence-corrected chi connectivity index (χ2v) is 7.49. The molecule has 0 amide bonds. The number of H-pyrrole nitrogens is 1. The van der Waals surface area contributed by atoms with Gasteiger partial charge in [-0.15, -0.1) is 0 Å². The molecule has 1 aromatic rings. The van der Waals surface area contributed by atoms with Crippen molar-refractivity contribution in [2.75, 3.05) is 13.6 Å². The topological polar surface area (TPSA) is 86.9 Å². The largest absolute Gasteiger partial charge is 0.314 e. The van der Waals surface area contributed by atoms with E-state index in [-0.39, 0.29) is 4.90 Å². The number of nitrogens with one attached hydrogen (secondary N) is 3. The average molecular weight is 300 g/mol. The van der Waals surface area contributed by atoms with Crippen LogP contribution in [-0.4, -0.2) is 32.2 Å². The quantitative estimate of drug-likeness (QED) is 0.735. The average Bonchev–Trinajstić information content (AvgIpc) is 2.95. The highest BCUT2D eigenvalue weighted by atomic mass is 32.2. The van der Waals surface area contributed by atoms with Crippen LogP contribution in [-0.2, 0) is 16.6 Å². The van der Waals surface area contributed by atoms with Crippen molar-refractivity contribution in [1.29, 1.82) is 0 Å². The van der Waals surface area contributed by atoms with Gasteiger partial charge in [0.25, 0.3) is 0 Å². The fraction of sp³-hybridized carbons (Fsp3) is 0.769. The highest BCUT2D eigenvalue weighted by molar-refractivity contribution is 7.89. The van der Waals surface area contributed by atoms with E-state index in [2.05, 4.69) is 27.2 Å². The standard InChI is InChI=1S/C13H24N4O2S/c1-9-4-5-11(6-9)7-15-20(18,19)13-10(2)16-17-12(13)8-14-3/h9,11,14-15H,4-8H2,1-3H3,(H,16,17). The third kappa shape index (κ3) is 3.39. The minimum atomic E-state index is -3.49. The number of nitrogens with zero attached hydrogens (tertiary/aromatic N) is 1. The fourth-order valence-electron chi connectivity index (χ4n) is 2.92. The van der Waals surface area contributed by atoms with Gasteiger partial charge in [0.1, 0.15) is 4.90 Å². The molecule has 0 saturated heterocycles. The molecule has 2 unspecified atom stereocenters. The Balaban J connectivity index is 2.08. The first-order chi connectivity index (χ1) is 9.44. The van der Waals surface area contributed by atoms with Crippen LogP contribution in [0.25, 0.3) is 0 Å². The highest BCUT2D eigenvalue weighted by Crippen LogP contribution is 2.30. The lowest BCUT2D eigenvalue weighted by atomic mass is 10.1. The molecule has 114 valence electrons. The summed E-state index contributed by atoms with van der Waals surface area (Å²) in [5, 5.41) is 9.75. The molecule has 0 aromatic carbocycles. The second-order valence-electron chi connectivity index (χ2n) is 5.79. The SMILES string of the molecule is CNCc1n[nH]c(C)c1S(=O)(=O)NCC1CCC(C)C1. The summed E-state index contributed by atoms with van der Waals surface area (Å²) in [6, 6.07) is 0. The first kappa shape index (κ1) is 15.5. The monoisotopic (exact) mass is 300 g/mol. The van der Waals surface area contributed by atoms with Gasteiger partial charge in [0.15, 0.2) is 0 Å². The van der Waals surface area contributed by atoms with Crippen LogP contribution in [0, 0.1) is 18.8 Å². The van der Waals surface area contributed by atoms with Crippen LogP contribution < -0.4 is 10.0 Å². The molecule has 2 atom stereocenters. The third-order valence-corrected chi connectivity index (χ3v) is 5.57. The maximum atomic E-state index is 12.4. The number of aromatic amines is 1. The maximum absolute atomic E-state index is 12.4. The Labute approximate surface area is 120 Å². The van der Waals surface area contributed by atoms with Crippen molar-refractivity contribution in [1.82, 2.24) is 20.2 Å². The zero-order chi connectivity index (χ0) is 14.8. The van der Waals surface area contributed by atoms with Gasteiger partial charge in [-0.1, -0.05) is 13.3 Å². The van der Waals surface area contributed by atoms with Crippen LogP contribution in [0.2, 0.25) is 0 Å². The van der Waals surface area contributed by atoms with E-state index in [0.717, 1.165) is 12.8 Å². The molecule has 7 heteroatoms. The molecule has 1 aromatic heterocycles. The third-order valence-electron chi connectivity index (χ3n) is 3.94. The molecule has 0 aliphatic heterocycles. The summed E-state index contributed by atoms with van der Waals surface area (Å²) in [6.45, 7) is 4.91. The normalized spacial score (nSPS) is 23.4. The van der Waals surface area contributed by atoms with Crippen LogP contribution in [0.3, 0.4) is 0 Å². The minimum Gasteiger partial charge on any atom is -0.314 e. The molecule has 0 spiro atoms. The van der Waals surface area contributed by atoms with Gasteiger partial charge in [-0.25, -0.2) is 13.1 Å². The first-order valence-electron chi connectivity index (χ1n) is 7.12. The van der Waals surface area contributed by atoms with E-state index in [4.69, 9.17) is 0 Å². The zero-order valence-corrected chi connectivity index (χ0v) is 13.2. The molecular weight excluding hydrogens is 276 g/mol. The predicted molar refractivity (Wildman–Crippen MR) is 77.8 cm³/mol. The van der Waals surface area contributed by atoms with E-state index >= 15 is 0 Å². The minimum absolute atomic E-state index is 0.290. The Morgan fingerprint density at radius 1 is 1.40 bits per heavy atom. The van der Waals surface area contributed by atoms with Gasteiger partial charge >= 0.3 is 0 Å². The summed E-state index contributed by atoms with van der Waals surface area (Å²) in [5.41, 5.74) is 1.12. The maximum Gasteiger partial charge on any atom is 0.244 e. The predicted octanol–water partition coefficient (Wildman–Crippen LogP) is 1.15. The van der Waals surface area contributed by atoms with E-state index in [9.17, 15) is 8.42 Å². The fourth-order valence-corrected chi connectivity index (χ4v) is 4.40. The molecule has 1 saturated carbocycles. The number of rotatable bonds is 6. The van der Waals surface area contributed by atoms with Crippen molar-refractivity contribution >= 4 is 10.0 Å². The number of sulfonamides is 1. The molecular formula is C13H24N4O2S. The van der Waals surface area contributed by atoms with Crippen molar-refractivity contribution in [3.05, 3.63) is 11.4 Å². The molecule has 1 aliphatic rings. The summed E-state index contributed by atoms with van der Waals surface area (Å²) in [5.74, 6) is 1.17. The van der Waals surface area contributed by atoms with Crippen LogP contribution in [0.15, 0.2) is 4.90 Å². The summed E-state index contributed by atoms with van der Waals surface area (Å²) in [6.07, 6.45) is 3.41. The summed E-state index contributed by atoms with van der Waals surface area (Å²) >= 11 is 0. The Morgan fingerprint density at radius 3 is 2.75 bits per heavy atom. The lowest BCUT2D eigenvalue weighted by Gasteiger charge is -2.12. The van der Waals surface area contributed by atoms with Crippen LogP contribution in [0.1, 0.15) is 37.6 Å². The van der Waals surface area contributed by atoms with Gasteiger partial charge in [0.05, 0.1) is 11.4 Å². The second kappa shape index (κ2) is 6.24. The molecule has 6 nitrogen and oxygen atoms in total. The lowest BCUT2D eigenvalue weighted by molar-refractivity contribution is 0.498. The van der Waals surface area contributed by atoms with Gasteiger partial charge in [-0.05, 0) is 38.6 Å². The van der Waals surface area contributed by atoms with E-state index in [0.29, 0.717) is 36.3 Å². The molecule has 0 bridgehead atoms. The number of hydrogen-bond acceptors (Lipinski definition) is 4. The number of aromatic nitrogens is 2. The highest BCUT2D eigenvalue weighted by Gasteiger charge is 2.27. The first-order valence-corrected chi connectivity index (χ1v) is 8.60. The zero-order valence-electron chi connectivity index (χ0n) is 12.4. The van der Waals surface area contributed by atoms with Crippen LogP contribution >= 0.6 is 0 Å². The summed E-state index contributed by atoms with van der Waals surface area (Å²) in [4.78, 5) is 0.290. The van der Waals surface area contributed by atoms with Crippen LogP contribution in [0.4, 0.5) is 0 Å². The van der Waals surface area contributed by atoms with Crippen LogP contribution in [0.5, 0.6) is 0 Å². The Morgan fingerprint density at radius 2 is 2.15 bits per heavy atom. The van der Waals surface area contributed by atoms with E-state index in [1.807, 2.05) is 0 Å². The Kier molecular flexibility index (Phi) is 4.82. The number of hydrogen-bond donors (Lipinski definition) is 3. The van der Waals surface area contributed by atoms with Gasteiger partial charge in [0, 0.05) is 13.1 Å². The summed E-state index contributed by atoms with van der Waals surface area (Å²) in [7, 11) is -1.72. The van der Waals surface area contributed by atoms with E-state index in [1.165, 1.54) is 6.42 Å². The van der Waals surface area contributed by atoms with Crippen molar-refractivity contribution in [3.63, 3.8) is 0 Å². The van der Waals surface area contributed by atoms with Crippen molar-refractivity contribution < 1.29 is 8.42 Å². The van der Waals surface area contributed by atoms with E-state index in [1.54, 1.807) is 14.0 Å². The molecule has 3 N–H and O–H groups in total. The van der Waals surface area contributed by atoms with E-state index < -0.39 is 10.0 Å². The smallest absolute Gasteiger partial charge is 0.244 e.